The predicted octanol–water partition coefficient (Wildman–Crippen LogP) is 3.71. The monoisotopic (exact) mass is 412 g/mol. The van der Waals surface area contributed by atoms with Crippen molar-refractivity contribution in [3.05, 3.63) is 44.1 Å². The number of nitrogens with two attached hydrogens (primary N) is 1. The van der Waals surface area contributed by atoms with Crippen molar-refractivity contribution >= 4 is 49.1 Å². The van der Waals surface area contributed by atoms with E-state index in [1.165, 1.54) is 0 Å². The molecule has 3 N–H and O–H groups in total. The Kier molecular flexibility index (Phi) is 4.95. The number of rotatable bonds is 3. The lowest BCUT2D eigenvalue weighted by atomic mass is 10.1. The number of carbonyl (C=O) groups is 1. The highest BCUT2D eigenvalue weighted by atomic mass is 79.9. The second kappa shape index (κ2) is 6.53. The van der Waals surface area contributed by atoms with Gasteiger partial charge in [0.2, 0.25) is 0 Å². The summed E-state index contributed by atoms with van der Waals surface area (Å²) in [6.45, 7) is 3.74. The van der Waals surface area contributed by atoms with Crippen LogP contribution >= 0.6 is 31.9 Å². The SMILES string of the molecule is CCc1nnc(C)cc1C(=O)Nc1c(Br)cc(N)cc1Br. The molecule has 0 saturated carbocycles. The number of nitrogens with one attached hydrogen (secondary N) is 1. The van der Waals surface area contributed by atoms with E-state index in [4.69, 9.17) is 5.73 Å². The molecule has 0 aliphatic heterocycles. The topological polar surface area (TPSA) is 80.9 Å². The zero-order valence-corrected chi connectivity index (χ0v) is 14.7. The van der Waals surface area contributed by atoms with Crippen molar-refractivity contribution in [3.63, 3.8) is 0 Å². The van der Waals surface area contributed by atoms with Crippen LogP contribution in [0.3, 0.4) is 0 Å². The van der Waals surface area contributed by atoms with E-state index in [-0.39, 0.29) is 5.91 Å². The molecule has 7 heteroatoms. The quantitative estimate of drug-likeness (QED) is 0.751. The first kappa shape index (κ1) is 15.9. The van der Waals surface area contributed by atoms with E-state index in [1.54, 1.807) is 25.1 Å². The first-order valence-electron chi connectivity index (χ1n) is 6.31. The summed E-state index contributed by atoms with van der Waals surface area (Å²) in [7, 11) is 0. The highest BCUT2D eigenvalue weighted by molar-refractivity contribution is 9.11. The lowest BCUT2D eigenvalue weighted by Gasteiger charge is -2.12. The summed E-state index contributed by atoms with van der Waals surface area (Å²) < 4.78 is 1.42. The maximum absolute atomic E-state index is 12.5. The van der Waals surface area contributed by atoms with Crippen LogP contribution in [0.5, 0.6) is 0 Å². The van der Waals surface area contributed by atoms with Crippen molar-refractivity contribution in [1.82, 2.24) is 10.2 Å². The van der Waals surface area contributed by atoms with E-state index >= 15 is 0 Å². The molecule has 0 aliphatic carbocycles. The predicted molar refractivity (Wildman–Crippen MR) is 90.4 cm³/mol. The van der Waals surface area contributed by atoms with E-state index in [1.807, 2.05) is 6.92 Å². The van der Waals surface area contributed by atoms with Crippen LogP contribution in [0.4, 0.5) is 11.4 Å². The maximum Gasteiger partial charge on any atom is 0.257 e. The molecule has 1 aromatic heterocycles. The standard InChI is InChI=1S/C14H14Br2N4O/c1-3-12-9(4-7(2)19-20-12)14(21)18-13-10(15)5-8(17)6-11(13)16/h4-6H,3,17H2,1-2H3,(H,18,21). The number of carbonyl (C=O) groups excluding carboxylic acids is 1. The lowest BCUT2D eigenvalue weighted by molar-refractivity contribution is 0.102. The van der Waals surface area contributed by atoms with Crippen LogP contribution in [-0.2, 0) is 6.42 Å². The molecule has 0 unspecified atom stereocenters. The molecular formula is C14H14Br2N4O. The van der Waals surface area contributed by atoms with Crippen molar-refractivity contribution in [3.8, 4) is 0 Å². The molecule has 0 aliphatic rings. The third-order valence-electron chi connectivity index (χ3n) is 2.88. The molecule has 0 saturated heterocycles. The fourth-order valence-corrected chi connectivity index (χ4v) is 3.29. The molecule has 1 amide bonds. The largest absolute Gasteiger partial charge is 0.399 e. The minimum absolute atomic E-state index is 0.226. The third-order valence-corrected chi connectivity index (χ3v) is 4.13. The molecule has 2 aromatic rings. The lowest BCUT2D eigenvalue weighted by Crippen LogP contribution is -2.17. The zero-order valence-electron chi connectivity index (χ0n) is 11.6. The first-order valence-corrected chi connectivity index (χ1v) is 7.90. The Bertz CT molecular complexity index is 680. The Morgan fingerprint density at radius 3 is 2.43 bits per heavy atom. The summed E-state index contributed by atoms with van der Waals surface area (Å²) in [6.07, 6.45) is 0.639. The van der Waals surface area contributed by atoms with E-state index in [2.05, 4.69) is 47.4 Å². The normalized spacial score (nSPS) is 10.5. The van der Waals surface area contributed by atoms with Gasteiger partial charge in [0, 0.05) is 14.6 Å². The van der Waals surface area contributed by atoms with Gasteiger partial charge in [0.25, 0.3) is 5.91 Å². The van der Waals surface area contributed by atoms with E-state index in [0.717, 1.165) is 0 Å². The molecule has 0 fully saturated rings. The van der Waals surface area contributed by atoms with Gasteiger partial charge in [-0.3, -0.25) is 4.79 Å². The second-order valence-corrected chi connectivity index (χ2v) is 6.22. The molecule has 5 nitrogen and oxygen atoms in total. The van der Waals surface area contributed by atoms with Crippen LogP contribution in [0.2, 0.25) is 0 Å². The molecular weight excluding hydrogens is 400 g/mol. The van der Waals surface area contributed by atoms with Crippen molar-refractivity contribution < 1.29 is 4.79 Å². The number of hydrogen-bond donors (Lipinski definition) is 2. The average molecular weight is 414 g/mol. The number of nitrogen functional groups attached to an aromatic ring is 1. The Hall–Kier alpha value is -1.47. The summed E-state index contributed by atoms with van der Waals surface area (Å²) >= 11 is 6.79. The molecule has 0 radical (unpaired) electrons. The fraction of sp³-hybridized carbons (Fsp3) is 0.214. The van der Waals surface area contributed by atoms with Crippen molar-refractivity contribution in [2.45, 2.75) is 20.3 Å². The van der Waals surface area contributed by atoms with E-state index in [0.29, 0.717) is 43.7 Å². The van der Waals surface area contributed by atoms with Gasteiger partial charge in [-0.05, 0) is 63.4 Å². The summed E-state index contributed by atoms with van der Waals surface area (Å²) in [6, 6.07) is 5.20. The number of hydrogen-bond acceptors (Lipinski definition) is 4. The van der Waals surface area contributed by atoms with Gasteiger partial charge in [-0.1, -0.05) is 6.92 Å². The molecule has 1 heterocycles. The number of aryl methyl sites for hydroxylation is 2. The van der Waals surface area contributed by atoms with Gasteiger partial charge in [-0.25, -0.2) is 0 Å². The van der Waals surface area contributed by atoms with Gasteiger partial charge in [-0.2, -0.15) is 10.2 Å². The summed E-state index contributed by atoms with van der Waals surface area (Å²) in [5, 5.41) is 10.9. The number of aromatic nitrogens is 2. The van der Waals surface area contributed by atoms with Crippen LogP contribution in [0.25, 0.3) is 0 Å². The van der Waals surface area contributed by atoms with Gasteiger partial charge in [0.15, 0.2) is 0 Å². The summed E-state index contributed by atoms with van der Waals surface area (Å²) in [4.78, 5) is 12.5. The number of nitrogens with zero attached hydrogens (tertiary/aromatic N) is 2. The minimum atomic E-state index is -0.226. The molecule has 0 spiro atoms. The number of amides is 1. The maximum atomic E-state index is 12.5. The second-order valence-electron chi connectivity index (χ2n) is 4.51. The van der Waals surface area contributed by atoms with E-state index in [9.17, 15) is 4.79 Å². The Morgan fingerprint density at radius 2 is 1.86 bits per heavy atom. The Balaban J connectivity index is 2.37. The smallest absolute Gasteiger partial charge is 0.257 e. The van der Waals surface area contributed by atoms with Crippen molar-refractivity contribution in [2.24, 2.45) is 0 Å². The van der Waals surface area contributed by atoms with Crippen molar-refractivity contribution in [2.75, 3.05) is 11.1 Å². The Morgan fingerprint density at radius 1 is 1.24 bits per heavy atom. The average Bonchev–Trinajstić information content (AvgIpc) is 2.42. The van der Waals surface area contributed by atoms with Crippen LogP contribution in [0.15, 0.2) is 27.1 Å². The molecule has 2 rings (SSSR count). The zero-order chi connectivity index (χ0) is 15.6. The summed E-state index contributed by atoms with van der Waals surface area (Å²) in [5.74, 6) is -0.226. The minimum Gasteiger partial charge on any atom is -0.399 e. The third kappa shape index (κ3) is 3.59. The van der Waals surface area contributed by atoms with Gasteiger partial charge < -0.3 is 11.1 Å². The summed E-state index contributed by atoms with van der Waals surface area (Å²) in [5.41, 5.74) is 8.87. The van der Waals surface area contributed by atoms with Gasteiger partial charge >= 0.3 is 0 Å². The highest BCUT2D eigenvalue weighted by Gasteiger charge is 2.16. The fourth-order valence-electron chi connectivity index (χ4n) is 1.86. The Labute approximate surface area is 139 Å². The van der Waals surface area contributed by atoms with Crippen LogP contribution in [0, 0.1) is 6.92 Å². The molecule has 0 bridgehead atoms. The van der Waals surface area contributed by atoms with E-state index < -0.39 is 0 Å². The first-order chi connectivity index (χ1) is 9.92. The van der Waals surface area contributed by atoms with Crippen LogP contribution in [-0.4, -0.2) is 16.1 Å². The number of anilines is 2. The van der Waals surface area contributed by atoms with Gasteiger partial charge in [0.05, 0.1) is 22.6 Å². The van der Waals surface area contributed by atoms with Gasteiger partial charge in [0.1, 0.15) is 0 Å². The van der Waals surface area contributed by atoms with Gasteiger partial charge in [-0.15, -0.1) is 0 Å². The molecule has 0 atom stereocenters. The van der Waals surface area contributed by atoms with Crippen molar-refractivity contribution in [1.29, 1.82) is 0 Å². The molecule has 110 valence electrons. The van der Waals surface area contributed by atoms with Crippen LogP contribution in [0.1, 0.15) is 28.7 Å². The molecule has 1 aromatic carbocycles. The highest BCUT2D eigenvalue weighted by Crippen LogP contribution is 2.33. The number of halogens is 2. The van der Waals surface area contributed by atoms with Crippen LogP contribution < -0.4 is 11.1 Å². The molecule has 21 heavy (non-hydrogen) atoms. The number of benzene rings is 1.